The second-order valence-corrected chi connectivity index (χ2v) is 18.3. The summed E-state index contributed by atoms with van der Waals surface area (Å²) in [5.74, 6) is 0. The van der Waals surface area contributed by atoms with Crippen LogP contribution < -0.4 is 15.7 Å². The van der Waals surface area contributed by atoms with E-state index in [0.29, 0.717) is 0 Å². The average Bonchev–Trinajstić information content (AvgIpc) is 3.54. The molecule has 0 unspecified atom stereocenters. The van der Waals surface area contributed by atoms with Crippen LogP contribution in [0, 0.1) is 6.92 Å². The van der Waals surface area contributed by atoms with E-state index in [2.05, 4.69) is 202 Å². The number of anilines is 4. The lowest BCUT2D eigenvalue weighted by molar-refractivity contribution is 0.662. The van der Waals surface area contributed by atoms with Crippen molar-refractivity contribution in [3.63, 3.8) is 0 Å². The molecule has 3 heteroatoms. The average molecular weight is 801 g/mol. The molecule has 0 bridgehead atoms. The van der Waals surface area contributed by atoms with E-state index < -0.39 is 0 Å². The number of benzene rings is 8. The number of unbranched alkanes of at least 4 members (excludes halogenated alkanes) is 2. The van der Waals surface area contributed by atoms with E-state index in [0.717, 1.165) is 37.9 Å². The van der Waals surface area contributed by atoms with E-state index in [9.17, 15) is 0 Å². The van der Waals surface area contributed by atoms with Crippen LogP contribution in [0.1, 0.15) is 79.8 Å². The minimum atomic E-state index is -0.227. The van der Waals surface area contributed by atoms with Gasteiger partial charge in [-0.2, -0.15) is 0 Å². The fraction of sp³-hybridized carbons (Fsp3) is 0.186. The molecule has 3 aliphatic rings. The van der Waals surface area contributed by atoms with Gasteiger partial charge in [-0.05, 0) is 130 Å². The van der Waals surface area contributed by atoms with Crippen LogP contribution in [-0.4, -0.2) is 7.28 Å². The molecule has 0 fully saturated rings. The van der Waals surface area contributed by atoms with E-state index in [1.165, 1.54) is 125 Å². The summed E-state index contributed by atoms with van der Waals surface area (Å²) in [4.78, 5) is 2.73. The van der Waals surface area contributed by atoms with Crippen LogP contribution in [-0.2, 0) is 18.3 Å². The van der Waals surface area contributed by atoms with Gasteiger partial charge in [0, 0.05) is 44.7 Å². The first-order valence-corrected chi connectivity index (χ1v) is 22.8. The van der Waals surface area contributed by atoms with E-state index >= 15 is 0 Å². The zero-order valence-corrected chi connectivity index (χ0v) is 36.5. The Morgan fingerprint density at radius 2 is 1.40 bits per heavy atom. The van der Waals surface area contributed by atoms with Gasteiger partial charge in [-0.15, -0.1) is 0 Å². The quantitative estimate of drug-likeness (QED) is 0.116. The van der Waals surface area contributed by atoms with Crippen LogP contribution >= 0.6 is 0 Å². The lowest BCUT2D eigenvalue weighted by atomic mass is 9.53. The standard InChI is InChI=1S/C59H53BN2/c1-5-6-8-17-39-28-34-52(48(36-39)40-18-9-7-10-19-40)62-53-35-29-41-20-11-13-22-44(41)56(53)60-57-49(37-42-21-12-14-23-45(42)58(57)62)54-51(61-43-30-26-38(2)27-31-43)33-32-47-46-24-15-16-25-50(46)59(3,4)55(47)54/h7,9-16,18-28,30-34,36-37,60-61H,5-6,8,17,29,35H2,1-4H3. The molecule has 2 nitrogen and oxygen atoms in total. The normalized spacial score (nSPS) is 14.4. The fourth-order valence-corrected chi connectivity index (χ4v) is 11.1. The molecule has 8 aromatic rings. The number of nitrogens with one attached hydrogen (secondary N) is 1. The van der Waals surface area contributed by atoms with E-state index in [-0.39, 0.29) is 5.41 Å². The lowest BCUT2D eigenvalue weighted by Crippen LogP contribution is -2.38. The zero-order valence-electron chi connectivity index (χ0n) is 36.5. The lowest BCUT2D eigenvalue weighted by Gasteiger charge is -2.41. The maximum Gasteiger partial charge on any atom is 0.198 e. The molecule has 1 N–H and O–H groups in total. The molecule has 1 heterocycles. The molecule has 0 radical (unpaired) electrons. The summed E-state index contributed by atoms with van der Waals surface area (Å²) in [5.41, 5.74) is 25.0. The van der Waals surface area contributed by atoms with E-state index in [4.69, 9.17) is 0 Å². The van der Waals surface area contributed by atoms with Crippen LogP contribution in [0.25, 0.3) is 49.6 Å². The topological polar surface area (TPSA) is 15.3 Å². The third-order valence-corrected chi connectivity index (χ3v) is 14.1. The van der Waals surface area contributed by atoms with E-state index in [1.54, 1.807) is 0 Å². The third-order valence-electron chi connectivity index (χ3n) is 14.1. The smallest absolute Gasteiger partial charge is 0.198 e. The van der Waals surface area contributed by atoms with Gasteiger partial charge in [0.25, 0.3) is 0 Å². The second-order valence-electron chi connectivity index (χ2n) is 18.3. The van der Waals surface area contributed by atoms with Crippen molar-refractivity contribution in [2.24, 2.45) is 0 Å². The summed E-state index contributed by atoms with van der Waals surface area (Å²) in [5, 5.41) is 6.55. The van der Waals surface area contributed by atoms with Gasteiger partial charge in [0.05, 0.1) is 5.69 Å². The Morgan fingerprint density at radius 1 is 0.645 bits per heavy atom. The Morgan fingerprint density at radius 3 is 2.24 bits per heavy atom. The third kappa shape index (κ3) is 6.32. The van der Waals surface area contributed by atoms with Crippen molar-refractivity contribution in [3.8, 4) is 33.4 Å². The first-order valence-electron chi connectivity index (χ1n) is 22.8. The predicted molar refractivity (Wildman–Crippen MR) is 267 cm³/mol. The Labute approximate surface area is 368 Å². The second kappa shape index (κ2) is 15.4. The molecule has 8 aromatic carbocycles. The van der Waals surface area contributed by atoms with Crippen LogP contribution in [0.15, 0.2) is 169 Å². The van der Waals surface area contributed by atoms with Crippen molar-refractivity contribution < 1.29 is 0 Å². The van der Waals surface area contributed by atoms with E-state index in [1.807, 2.05) is 0 Å². The minimum absolute atomic E-state index is 0.227. The molecule has 302 valence electrons. The highest BCUT2D eigenvalue weighted by atomic mass is 15.2. The highest BCUT2D eigenvalue weighted by Gasteiger charge is 2.41. The summed E-state index contributed by atoms with van der Waals surface area (Å²) in [6.07, 6.45) is 6.78. The van der Waals surface area contributed by atoms with Crippen molar-refractivity contribution in [2.45, 2.75) is 71.6 Å². The van der Waals surface area contributed by atoms with Crippen molar-refractivity contribution >= 4 is 51.7 Å². The Kier molecular flexibility index (Phi) is 9.53. The minimum Gasteiger partial charge on any atom is -0.355 e. The number of fused-ring (bicyclic) bond motifs is 8. The van der Waals surface area contributed by atoms with Gasteiger partial charge >= 0.3 is 0 Å². The molecular weight excluding hydrogens is 747 g/mol. The summed E-state index contributed by atoms with van der Waals surface area (Å²) in [7, 11) is 0.856. The first-order chi connectivity index (χ1) is 30.4. The van der Waals surface area contributed by atoms with Gasteiger partial charge in [-0.3, -0.25) is 0 Å². The molecule has 0 amide bonds. The number of nitrogens with zero attached hydrogens (tertiary/aromatic N) is 1. The van der Waals surface area contributed by atoms with Crippen molar-refractivity contribution in [2.75, 3.05) is 10.2 Å². The molecule has 2 aliphatic carbocycles. The molecule has 0 saturated heterocycles. The number of hydrogen-bond donors (Lipinski definition) is 1. The van der Waals surface area contributed by atoms with Gasteiger partial charge in [-0.1, -0.05) is 172 Å². The monoisotopic (exact) mass is 800 g/mol. The molecule has 0 atom stereocenters. The van der Waals surface area contributed by atoms with Gasteiger partial charge in [0.15, 0.2) is 7.28 Å². The van der Waals surface area contributed by atoms with Crippen LogP contribution in [0.4, 0.5) is 22.7 Å². The maximum absolute atomic E-state index is 3.99. The van der Waals surface area contributed by atoms with Crippen molar-refractivity contribution in [3.05, 3.63) is 203 Å². The molecule has 11 rings (SSSR count). The van der Waals surface area contributed by atoms with Gasteiger partial charge in [-0.25, -0.2) is 0 Å². The molecule has 0 saturated carbocycles. The highest BCUT2D eigenvalue weighted by Crippen LogP contribution is 2.56. The number of hydrogen-bond acceptors (Lipinski definition) is 2. The molecule has 62 heavy (non-hydrogen) atoms. The van der Waals surface area contributed by atoms with Gasteiger partial charge in [0.1, 0.15) is 0 Å². The predicted octanol–water partition coefficient (Wildman–Crippen LogP) is 14.8. The summed E-state index contributed by atoms with van der Waals surface area (Å²) >= 11 is 0. The number of rotatable bonds is 9. The van der Waals surface area contributed by atoms with Crippen LogP contribution in [0.3, 0.4) is 0 Å². The largest absolute Gasteiger partial charge is 0.355 e. The Bertz CT molecular complexity index is 3060. The summed E-state index contributed by atoms with van der Waals surface area (Å²) in [6, 6.07) is 62.0. The highest BCUT2D eigenvalue weighted by molar-refractivity contribution is 6.77. The molecule has 0 spiro atoms. The molecule has 1 aliphatic heterocycles. The fourth-order valence-electron chi connectivity index (χ4n) is 11.1. The van der Waals surface area contributed by atoms with Crippen molar-refractivity contribution in [1.82, 2.24) is 0 Å². The number of allylic oxidation sites excluding steroid dienone is 1. The van der Waals surface area contributed by atoms with Crippen molar-refractivity contribution in [1.29, 1.82) is 0 Å². The Balaban J connectivity index is 1.24. The summed E-state index contributed by atoms with van der Waals surface area (Å²) in [6.45, 7) is 9.32. The van der Waals surface area contributed by atoms with Crippen LogP contribution in [0.5, 0.6) is 0 Å². The summed E-state index contributed by atoms with van der Waals surface area (Å²) < 4.78 is 0. The first kappa shape index (κ1) is 38.4. The zero-order chi connectivity index (χ0) is 42.0. The molecular formula is C59H53BN2. The van der Waals surface area contributed by atoms with Gasteiger partial charge in [0.2, 0.25) is 0 Å². The van der Waals surface area contributed by atoms with Crippen LogP contribution in [0.2, 0.25) is 0 Å². The SMILES string of the molecule is CCCCCc1ccc(N2C3=C(Bc4c(-c5c(Nc6ccc(C)cc6)ccc6c5C(C)(C)c5ccccc5-6)cc5ccccc5c42)c2ccccc2CC3)c(-c2ccccc2)c1. The number of aryl methyl sites for hydroxylation is 3. The maximum atomic E-state index is 3.99. The Hall–Kier alpha value is -6.58. The molecule has 0 aromatic heterocycles. The van der Waals surface area contributed by atoms with Gasteiger partial charge < -0.3 is 10.2 Å².